The van der Waals surface area contributed by atoms with Crippen LogP contribution < -0.4 is 5.56 Å². The van der Waals surface area contributed by atoms with Crippen LogP contribution in [0.15, 0.2) is 16.9 Å². The third-order valence-corrected chi connectivity index (χ3v) is 4.63. The number of hydrogen-bond donors (Lipinski definition) is 0. The molecule has 98 valence electrons. The third kappa shape index (κ3) is 2.31. The Hall–Kier alpha value is -0.510. The molecule has 0 fully saturated rings. The Bertz CT molecular complexity index is 553. The van der Waals surface area contributed by atoms with E-state index in [-0.39, 0.29) is 27.5 Å². The van der Waals surface area contributed by atoms with Crippen LogP contribution in [0.25, 0.3) is 0 Å². The molecule has 0 radical (unpaired) electrons. The Balaban J connectivity index is 2.58. The van der Waals surface area contributed by atoms with Crippen LogP contribution in [-0.4, -0.2) is 20.3 Å². The third-order valence-electron chi connectivity index (χ3n) is 3.12. The van der Waals surface area contributed by atoms with Crippen LogP contribution in [0.4, 0.5) is 0 Å². The largest absolute Gasteiger partial charge is 0.288 e. The zero-order valence-corrected chi connectivity index (χ0v) is 12.3. The molecule has 18 heavy (non-hydrogen) atoms. The summed E-state index contributed by atoms with van der Waals surface area (Å²) in [5.74, 6) is 0.543. The van der Waals surface area contributed by atoms with Crippen LogP contribution in [-0.2, 0) is 0 Å². The van der Waals surface area contributed by atoms with Crippen molar-refractivity contribution in [1.82, 2.24) is 9.55 Å². The zero-order valence-electron chi connectivity index (χ0n) is 10.0. The van der Waals surface area contributed by atoms with E-state index in [1.54, 1.807) is 18.4 Å². The number of allylic oxidation sites excluding steroid dienone is 2. The van der Waals surface area contributed by atoms with E-state index in [9.17, 15) is 4.79 Å². The molecule has 0 spiro atoms. The summed E-state index contributed by atoms with van der Waals surface area (Å²) in [4.78, 5) is 16.4. The minimum absolute atomic E-state index is 0.168. The highest BCUT2D eigenvalue weighted by Gasteiger charge is 2.30. The molecule has 0 N–H and O–H groups in total. The van der Waals surface area contributed by atoms with Crippen LogP contribution in [0.3, 0.4) is 0 Å². The molecule has 0 aliphatic heterocycles. The molecule has 0 bridgehead atoms. The number of alkyl halides is 2. The number of hydrogen-bond acceptors (Lipinski definition) is 2. The van der Waals surface area contributed by atoms with Crippen molar-refractivity contribution >= 4 is 34.8 Å². The van der Waals surface area contributed by atoms with Gasteiger partial charge in [0.1, 0.15) is 11.0 Å². The number of halogens is 3. The van der Waals surface area contributed by atoms with Crippen molar-refractivity contribution in [3.63, 3.8) is 0 Å². The topological polar surface area (TPSA) is 34.9 Å². The average molecular weight is 308 g/mol. The second kappa shape index (κ2) is 5.24. The zero-order chi connectivity index (χ0) is 13.4. The van der Waals surface area contributed by atoms with Gasteiger partial charge >= 0.3 is 0 Å². The van der Waals surface area contributed by atoms with Gasteiger partial charge in [-0.25, -0.2) is 4.98 Å². The van der Waals surface area contributed by atoms with E-state index in [0.717, 1.165) is 0 Å². The van der Waals surface area contributed by atoms with Gasteiger partial charge in [-0.2, -0.15) is 0 Å². The van der Waals surface area contributed by atoms with E-state index in [4.69, 9.17) is 34.8 Å². The monoisotopic (exact) mass is 306 g/mol. The van der Waals surface area contributed by atoms with Gasteiger partial charge in [-0.05, 0) is 20.3 Å². The molecular weight excluding hydrogens is 295 g/mol. The van der Waals surface area contributed by atoms with Crippen LogP contribution in [0.2, 0.25) is 5.15 Å². The van der Waals surface area contributed by atoms with Crippen molar-refractivity contribution in [2.45, 2.75) is 37.1 Å². The average Bonchev–Trinajstić information content (AvgIpc) is 2.32. The second-order valence-electron chi connectivity index (χ2n) is 4.36. The van der Waals surface area contributed by atoms with E-state index in [2.05, 4.69) is 4.98 Å². The van der Waals surface area contributed by atoms with Gasteiger partial charge in [-0.15, -0.1) is 23.2 Å². The van der Waals surface area contributed by atoms with E-state index in [1.807, 2.05) is 12.2 Å². The quantitative estimate of drug-likeness (QED) is 0.453. The van der Waals surface area contributed by atoms with Gasteiger partial charge in [-0.1, -0.05) is 23.8 Å². The maximum atomic E-state index is 12.3. The molecule has 1 aliphatic carbocycles. The first-order valence-corrected chi connectivity index (χ1v) is 6.88. The summed E-state index contributed by atoms with van der Waals surface area (Å²) in [5.41, 5.74) is 0.259. The Morgan fingerprint density at radius 2 is 2.06 bits per heavy atom. The van der Waals surface area contributed by atoms with Gasteiger partial charge in [-0.3, -0.25) is 9.36 Å². The molecule has 1 aromatic heterocycles. The number of rotatable bonds is 1. The van der Waals surface area contributed by atoms with Crippen molar-refractivity contribution in [2.24, 2.45) is 0 Å². The summed E-state index contributed by atoms with van der Waals surface area (Å²) in [6.07, 6.45) is 4.55. The SMILES string of the molecule is Cc1c(Cl)nc(C)n(C2C=CCC(Cl)C2Cl)c1=O. The van der Waals surface area contributed by atoms with Gasteiger partial charge < -0.3 is 0 Å². The smallest absolute Gasteiger partial charge is 0.258 e. The normalized spacial score (nSPS) is 27.5. The van der Waals surface area contributed by atoms with E-state index in [0.29, 0.717) is 17.8 Å². The lowest BCUT2D eigenvalue weighted by molar-refractivity contribution is 0.495. The Morgan fingerprint density at radius 1 is 1.39 bits per heavy atom. The summed E-state index contributed by atoms with van der Waals surface area (Å²) < 4.78 is 1.56. The van der Waals surface area contributed by atoms with Crippen LogP contribution in [0, 0.1) is 13.8 Å². The van der Waals surface area contributed by atoms with Crippen LogP contribution in [0.1, 0.15) is 23.9 Å². The predicted molar refractivity (Wildman–Crippen MR) is 75.1 cm³/mol. The molecule has 6 heteroatoms. The van der Waals surface area contributed by atoms with Gasteiger partial charge in [0.05, 0.1) is 22.4 Å². The lowest BCUT2D eigenvalue weighted by Gasteiger charge is -2.29. The Labute approximate surface area is 120 Å². The fourth-order valence-electron chi connectivity index (χ4n) is 2.07. The minimum Gasteiger partial charge on any atom is -0.288 e. The molecule has 3 nitrogen and oxygen atoms in total. The summed E-state index contributed by atoms with van der Waals surface area (Å²) in [6.45, 7) is 3.39. The van der Waals surface area contributed by atoms with Crippen molar-refractivity contribution in [3.05, 3.63) is 39.0 Å². The fourth-order valence-corrected chi connectivity index (χ4v) is 2.83. The van der Waals surface area contributed by atoms with E-state index in [1.165, 1.54) is 0 Å². The maximum Gasteiger partial charge on any atom is 0.258 e. The highest BCUT2D eigenvalue weighted by atomic mass is 35.5. The second-order valence-corrected chi connectivity index (χ2v) is 5.79. The first-order valence-electron chi connectivity index (χ1n) is 5.63. The Kier molecular flexibility index (Phi) is 4.05. The maximum absolute atomic E-state index is 12.3. The van der Waals surface area contributed by atoms with E-state index >= 15 is 0 Å². The van der Waals surface area contributed by atoms with Gasteiger partial charge in [0.2, 0.25) is 0 Å². The highest BCUT2D eigenvalue weighted by molar-refractivity contribution is 6.30. The van der Waals surface area contributed by atoms with Gasteiger partial charge in [0.25, 0.3) is 5.56 Å². The lowest BCUT2D eigenvalue weighted by atomic mass is 10.0. The molecule has 0 saturated carbocycles. The molecule has 1 heterocycles. The van der Waals surface area contributed by atoms with Crippen molar-refractivity contribution in [1.29, 1.82) is 0 Å². The fraction of sp³-hybridized carbons (Fsp3) is 0.500. The molecule has 0 amide bonds. The predicted octanol–water partition coefficient (Wildman–Crippen LogP) is 3.23. The van der Waals surface area contributed by atoms with Crippen molar-refractivity contribution in [2.75, 3.05) is 0 Å². The molecule has 3 atom stereocenters. The molecule has 0 aromatic carbocycles. The van der Waals surface area contributed by atoms with Crippen molar-refractivity contribution < 1.29 is 0 Å². The Morgan fingerprint density at radius 3 is 2.72 bits per heavy atom. The summed E-state index contributed by atoms with van der Waals surface area (Å²) in [6, 6.07) is -0.279. The highest BCUT2D eigenvalue weighted by Crippen LogP contribution is 2.31. The first kappa shape index (κ1) is 13.9. The van der Waals surface area contributed by atoms with Crippen molar-refractivity contribution in [3.8, 4) is 0 Å². The van der Waals surface area contributed by atoms with Gasteiger partial charge in [0, 0.05) is 0 Å². The molecule has 1 aromatic rings. The number of aryl methyl sites for hydroxylation is 1. The summed E-state index contributed by atoms with van der Waals surface area (Å²) in [7, 11) is 0. The first-order chi connectivity index (χ1) is 8.43. The molecule has 3 unspecified atom stereocenters. The summed E-state index contributed by atoms with van der Waals surface area (Å²) in [5, 5.41) is -0.290. The van der Waals surface area contributed by atoms with Gasteiger partial charge in [0.15, 0.2) is 0 Å². The lowest BCUT2D eigenvalue weighted by Crippen LogP contribution is -2.37. The molecule has 1 aliphatic rings. The number of nitrogens with zero attached hydrogens (tertiary/aromatic N) is 2. The van der Waals surface area contributed by atoms with Crippen LogP contribution in [0.5, 0.6) is 0 Å². The summed E-state index contributed by atoms with van der Waals surface area (Å²) >= 11 is 18.3. The minimum atomic E-state index is -0.338. The molecular formula is C12H13Cl3N2O. The standard InChI is InChI=1S/C12H13Cl3N2O/c1-6-11(15)16-7(2)17(12(6)18)9-5-3-4-8(13)10(9)14/h3,5,8-10H,4H2,1-2H3. The van der Waals surface area contributed by atoms with E-state index < -0.39 is 0 Å². The van der Waals surface area contributed by atoms with Crippen LogP contribution >= 0.6 is 34.8 Å². The number of aromatic nitrogens is 2. The molecule has 0 saturated heterocycles. The molecule has 2 rings (SSSR count).